The summed E-state index contributed by atoms with van der Waals surface area (Å²) in [6, 6.07) is 22.4. The van der Waals surface area contributed by atoms with Crippen molar-refractivity contribution in [3.8, 4) is 0 Å². The smallest absolute Gasteiger partial charge is 0.264 e. The summed E-state index contributed by atoms with van der Waals surface area (Å²) in [6.07, 6.45) is 0. The van der Waals surface area contributed by atoms with E-state index in [0.717, 1.165) is 5.56 Å². The topological polar surface area (TPSA) is 54.5 Å². The number of rotatable bonds is 6. The highest BCUT2D eigenvalue weighted by molar-refractivity contribution is 7.92. The molecule has 3 rings (SSSR count). The molecule has 0 N–H and O–H groups in total. The first kappa shape index (κ1) is 18.9. The van der Waals surface area contributed by atoms with E-state index in [1.165, 1.54) is 4.31 Å². The SMILES string of the molecule is CCN(c1ccccc1C(=O)c1ccccc1)S(=O)(=O)c1ccc(C)cc1. The van der Waals surface area contributed by atoms with Gasteiger partial charge in [0, 0.05) is 17.7 Å². The maximum Gasteiger partial charge on any atom is 0.264 e. The zero-order chi connectivity index (χ0) is 19.4. The second kappa shape index (κ2) is 7.76. The van der Waals surface area contributed by atoms with Gasteiger partial charge in [0.25, 0.3) is 10.0 Å². The number of hydrogen-bond acceptors (Lipinski definition) is 3. The number of anilines is 1. The van der Waals surface area contributed by atoms with Crippen molar-refractivity contribution in [2.24, 2.45) is 0 Å². The van der Waals surface area contributed by atoms with Gasteiger partial charge in [-0.1, -0.05) is 60.2 Å². The van der Waals surface area contributed by atoms with Crippen molar-refractivity contribution in [2.75, 3.05) is 10.8 Å². The number of ketones is 1. The van der Waals surface area contributed by atoms with Crippen LogP contribution in [0.25, 0.3) is 0 Å². The van der Waals surface area contributed by atoms with Crippen LogP contribution in [-0.2, 0) is 10.0 Å². The Hall–Kier alpha value is -2.92. The Kier molecular flexibility index (Phi) is 5.42. The number of nitrogens with zero attached hydrogens (tertiary/aromatic N) is 1. The lowest BCUT2D eigenvalue weighted by molar-refractivity contribution is 0.103. The van der Waals surface area contributed by atoms with Gasteiger partial charge in [-0.2, -0.15) is 0 Å². The Morgan fingerprint density at radius 2 is 1.44 bits per heavy atom. The fourth-order valence-electron chi connectivity index (χ4n) is 2.94. The molecule has 0 fully saturated rings. The molecule has 138 valence electrons. The molecule has 0 aromatic heterocycles. The molecule has 0 heterocycles. The van der Waals surface area contributed by atoms with Crippen molar-refractivity contribution >= 4 is 21.5 Å². The average molecular weight is 379 g/mol. The Labute approximate surface area is 160 Å². The van der Waals surface area contributed by atoms with E-state index in [4.69, 9.17) is 0 Å². The van der Waals surface area contributed by atoms with Gasteiger partial charge < -0.3 is 0 Å². The van der Waals surface area contributed by atoms with Crippen molar-refractivity contribution in [1.82, 2.24) is 0 Å². The van der Waals surface area contributed by atoms with E-state index >= 15 is 0 Å². The number of sulfonamides is 1. The molecule has 0 bridgehead atoms. The molecule has 0 saturated carbocycles. The highest BCUT2D eigenvalue weighted by atomic mass is 32.2. The zero-order valence-corrected chi connectivity index (χ0v) is 16.1. The number of benzene rings is 3. The standard InChI is InChI=1S/C22H21NO3S/c1-3-23(27(25,26)19-15-13-17(2)14-16-19)21-12-8-7-11-20(21)22(24)18-9-5-4-6-10-18/h4-16H,3H2,1-2H3. The maximum atomic E-state index is 13.2. The molecule has 4 nitrogen and oxygen atoms in total. The summed E-state index contributed by atoms with van der Waals surface area (Å²) >= 11 is 0. The highest BCUT2D eigenvalue weighted by Crippen LogP contribution is 2.28. The first-order chi connectivity index (χ1) is 12.9. The Morgan fingerprint density at radius 3 is 2.07 bits per heavy atom. The van der Waals surface area contributed by atoms with Crippen molar-refractivity contribution < 1.29 is 13.2 Å². The monoisotopic (exact) mass is 379 g/mol. The summed E-state index contributed by atoms with van der Waals surface area (Å²) in [5.41, 5.74) is 2.25. The third-order valence-corrected chi connectivity index (χ3v) is 6.25. The van der Waals surface area contributed by atoms with E-state index in [9.17, 15) is 13.2 Å². The number of carbonyl (C=O) groups is 1. The lowest BCUT2D eigenvalue weighted by atomic mass is 10.0. The largest absolute Gasteiger partial charge is 0.289 e. The second-order valence-electron chi connectivity index (χ2n) is 6.20. The Bertz CT molecular complexity index is 1040. The third kappa shape index (κ3) is 3.78. The number of hydrogen-bond donors (Lipinski definition) is 0. The minimum absolute atomic E-state index is 0.205. The van der Waals surface area contributed by atoms with Gasteiger partial charge in [-0.15, -0.1) is 0 Å². The first-order valence-electron chi connectivity index (χ1n) is 8.73. The molecule has 0 radical (unpaired) electrons. The van der Waals surface area contributed by atoms with Gasteiger partial charge >= 0.3 is 0 Å². The summed E-state index contributed by atoms with van der Waals surface area (Å²) in [5, 5.41) is 0. The number of aryl methyl sites for hydroxylation is 1. The van der Waals surface area contributed by atoms with Crippen LogP contribution in [0.3, 0.4) is 0 Å². The molecule has 5 heteroatoms. The van der Waals surface area contributed by atoms with E-state index in [1.54, 1.807) is 79.7 Å². The summed E-state index contributed by atoms with van der Waals surface area (Å²) in [4.78, 5) is 13.2. The van der Waals surface area contributed by atoms with Gasteiger partial charge in [0.1, 0.15) is 0 Å². The van der Waals surface area contributed by atoms with E-state index in [1.807, 2.05) is 13.0 Å². The minimum atomic E-state index is -3.78. The molecule has 0 spiro atoms. The van der Waals surface area contributed by atoms with Crippen LogP contribution in [0.4, 0.5) is 5.69 Å². The van der Waals surface area contributed by atoms with Crippen LogP contribution in [0.2, 0.25) is 0 Å². The third-order valence-electron chi connectivity index (χ3n) is 4.35. The molecule has 3 aromatic rings. The maximum absolute atomic E-state index is 13.2. The number of para-hydroxylation sites is 1. The van der Waals surface area contributed by atoms with Crippen molar-refractivity contribution in [3.05, 3.63) is 95.6 Å². The van der Waals surface area contributed by atoms with Gasteiger partial charge in [0.2, 0.25) is 0 Å². The Morgan fingerprint density at radius 1 is 0.852 bits per heavy atom. The lowest BCUT2D eigenvalue weighted by Crippen LogP contribution is -2.32. The zero-order valence-electron chi connectivity index (χ0n) is 15.3. The predicted octanol–water partition coefficient (Wildman–Crippen LogP) is 4.44. The predicted molar refractivity (Wildman–Crippen MR) is 108 cm³/mol. The van der Waals surface area contributed by atoms with Gasteiger partial charge in [0.05, 0.1) is 10.6 Å². The van der Waals surface area contributed by atoms with Gasteiger partial charge in [-0.05, 0) is 38.1 Å². The van der Waals surface area contributed by atoms with Crippen molar-refractivity contribution in [1.29, 1.82) is 0 Å². The van der Waals surface area contributed by atoms with E-state index in [-0.39, 0.29) is 17.2 Å². The Balaban J connectivity index is 2.09. The van der Waals surface area contributed by atoms with Crippen LogP contribution in [0.5, 0.6) is 0 Å². The van der Waals surface area contributed by atoms with E-state index in [2.05, 4.69) is 0 Å². The molecule has 3 aromatic carbocycles. The molecule has 27 heavy (non-hydrogen) atoms. The fourth-order valence-corrected chi connectivity index (χ4v) is 4.43. The van der Waals surface area contributed by atoms with Gasteiger partial charge in [0.15, 0.2) is 5.78 Å². The molecule has 0 saturated heterocycles. The quantitative estimate of drug-likeness (QED) is 0.595. The van der Waals surface area contributed by atoms with Crippen LogP contribution in [0, 0.1) is 6.92 Å². The van der Waals surface area contributed by atoms with Gasteiger partial charge in [-0.3, -0.25) is 9.10 Å². The molecular formula is C22H21NO3S. The van der Waals surface area contributed by atoms with Crippen LogP contribution in [0.1, 0.15) is 28.4 Å². The molecule has 0 aliphatic heterocycles. The van der Waals surface area contributed by atoms with Crippen LogP contribution in [-0.4, -0.2) is 20.7 Å². The van der Waals surface area contributed by atoms with E-state index in [0.29, 0.717) is 16.8 Å². The fraction of sp³-hybridized carbons (Fsp3) is 0.136. The summed E-state index contributed by atoms with van der Waals surface area (Å²) < 4.78 is 27.7. The lowest BCUT2D eigenvalue weighted by Gasteiger charge is -2.25. The molecule has 0 atom stereocenters. The van der Waals surface area contributed by atoms with Crippen molar-refractivity contribution in [2.45, 2.75) is 18.7 Å². The summed E-state index contributed by atoms with van der Waals surface area (Å²) in [7, 11) is -3.78. The van der Waals surface area contributed by atoms with Crippen molar-refractivity contribution in [3.63, 3.8) is 0 Å². The van der Waals surface area contributed by atoms with Crippen LogP contribution < -0.4 is 4.31 Å². The molecule has 0 amide bonds. The highest BCUT2D eigenvalue weighted by Gasteiger charge is 2.27. The minimum Gasteiger partial charge on any atom is -0.289 e. The van der Waals surface area contributed by atoms with Crippen LogP contribution in [0.15, 0.2) is 83.8 Å². The molecule has 0 unspecified atom stereocenters. The first-order valence-corrected chi connectivity index (χ1v) is 10.2. The van der Waals surface area contributed by atoms with E-state index < -0.39 is 10.0 Å². The molecule has 0 aliphatic carbocycles. The summed E-state index contributed by atoms with van der Waals surface area (Å²) in [6.45, 7) is 3.88. The number of carbonyl (C=O) groups excluding carboxylic acids is 1. The summed E-state index contributed by atoms with van der Waals surface area (Å²) in [5.74, 6) is -0.205. The average Bonchev–Trinajstić information content (AvgIpc) is 2.69. The van der Waals surface area contributed by atoms with Crippen LogP contribution >= 0.6 is 0 Å². The normalized spacial score (nSPS) is 11.2. The second-order valence-corrected chi connectivity index (χ2v) is 8.06. The molecular weight excluding hydrogens is 358 g/mol. The molecule has 0 aliphatic rings. The van der Waals surface area contributed by atoms with Gasteiger partial charge in [-0.25, -0.2) is 8.42 Å².